The summed E-state index contributed by atoms with van der Waals surface area (Å²) in [6.45, 7) is 1.77. The number of ether oxygens (including phenoxy) is 2. The molecule has 1 amide bonds. The fourth-order valence-electron chi connectivity index (χ4n) is 1.67. The van der Waals surface area contributed by atoms with Crippen LogP contribution in [0.5, 0.6) is 0 Å². The summed E-state index contributed by atoms with van der Waals surface area (Å²) in [5.41, 5.74) is 0. The number of nitrogens with zero attached hydrogens (tertiary/aromatic N) is 1. The molecular weight excluding hydrogens is 214 g/mol. The molecule has 6 heteroatoms. The summed E-state index contributed by atoms with van der Waals surface area (Å²) in [6, 6.07) is 0. The highest BCUT2D eigenvalue weighted by Crippen LogP contribution is 2.14. The van der Waals surface area contributed by atoms with Gasteiger partial charge in [-0.2, -0.15) is 0 Å². The third-order valence-corrected chi connectivity index (χ3v) is 2.42. The molecule has 0 aromatic carbocycles. The van der Waals surface area contributed by atoms with E-state index in [9.17, 15) is 9.59 Å². The van der Waals surface area contributed by atoms with Gasteiger partial charge >= 0.3 is 12.1 Å². The van der Waals surface area contributed by atoms with Gasteiger partial charge in [-0.3, -0.25) is 4.79 Å². The average Bonchev–Trinajstić information content (AvgIpc) is 2.22. The Morgan fingerprint density at radius 2 is 2.44 bits per heavy atom. The lowest BCUT2D eigenvalue weighted by Crippen LogP contribution is -2.44. The van der Waals surface area contributed by atoms with Gasteiger partial charge in [0, 0.05) is 32.7 Å². The number of methoxy groups -OCH3 is 1. The Morgan fingerprint density at radius 3 is 3.06 bits per heavy atom. The van der Waals surface area contributed by atoms with Crippen molar-refractivity contribution in [2.24, 2.45) is 5.92 Å². The first-order chi connectivity index (χ1) is 7.63. The maximum Gasteiger partial charge on any atom is 0.409 e. The van der Waals surface area contributed by atoms with Gasteiger partial charge in [0.05, 0.1) is 13.0 Å². The molecule has 0 saturated carbocycles. The molecule has 1 atom stereocenters. The van der Waals surface area contributed by atoms with E-state index in [1.54, 1.807) is 7.11 Å². The topological polar surface area (TPSA) is 76.1 Å². The number of aliphatic carboxylic acids is 1. The highest BCUT2D eigenvalue weighted by molar-refractivity contribution is 5.70. The lowest BCUT2D eigenvalue weighted by molar-refractivity contribution is -0.139. The van der Waals surface area contributed by atoms with E-state index in [1.807, 2.05) is 0 Å². The fraction of sp³-hybridized carbons (Fsp3) is 0.800. The van der Waals surface area contributed by atoms with E-state index in [0.717, 1.165) is 6.42 Å². The minimum absolute atomic E-state index is 0.0358. The second-order valence-corrected chi connectivity index (χ2v) is 3.83. The van der Waals surface area contributed by atoms with Gasteiger partial charge in [-0.05, 0) is 6.42 Å². The molecule has 0 bridgehead atoms. The van der Waals surface area contributed by atoms with Gasteiger partial charge in [0.15, 0.2) is 0 Å². The number of cyclic esters (lactones) is 1. The summed E-state index contributed by atoms with van der Waals surface area (Å²) in [7, 11) is 1.60. The Hall–Kier alpha value is -1.30. The predicted octanol–water partition coefficient (Wildman–Crippen LogP) is 0.566. The summed E-state index contributed by atoms with van der Waals surface area (Å²) >= 11 is 0. The van der Waals surface area contributed by atoms with E-state index in [-0.39, 0.29) is 25.0 Å². The number of rotatable bonds is 6. The molecule has 0 aromatic rings. The Bertz CT molecular complexity index is 256. The first-order valence-electron chi connectivity index (χ1n) is 5.26. The van der Waals surface area contributed by atoms with Crippen LogP contribution in [0.4, 0.5) is 4.79 Å². The number of carboxylic acid groups (broad SMARTS) is 1. The number of hydrogen-bond donors (Lipinski definition) is 1. The van der Waals surface area contributed by atoms with Crippen LogP contribution in [0.2, 0.25) is 0 Å². The molecule has 0 spiro atoms. The third kappa shape index (κ3) is 4.06. The maximum absolute atomic E-state index is 11.3. The van der Waals surface area contributed by atoms with Gasteiger partial charge in [0.2, 0.25) is 0 Å². The standard InChI is InChI=1S/C10H17NO5/c1-15-4-2-3-11-6-8(5-9(12)13)7-16-10(11)14/h8H,2-7H2,1H3,(H,12,13). The van der Waals surface area contributed by atoms with Gasteiger partial charge in [-0.15, -0.1) is 0 Å². The summed E-state index contributed by atoms with van der Waals surface area (Å²) < 4.78 is 9.80. The molecule has 1 aliphatic rings. The SMILES string of the molecule is COCCCN1CC(CC(=O)O)COC1=O. The average molecular weight is 231 g/mol. The van der Waals surface area contributed by atoms with Gasteiger partial charge in [-0.1, -0.05) is 0 Å². The maximum atomic E-state index is 11.3. The number of carboxylic acids is 1. The Morgan fingerprint density at radius 1 is 1.69 bits per heavy atom. The number of carbonyl (C=O) groups is 2. The molecule has 1 aliphatic heterocycles. The molecule has 1 fully saturated rings. The number of hydrogen-bond acceptors (Lipinski definition) is 4. The van der Waals surface area contributed by atoms with Crippen LogP contribution in [0.3, 0.4) is 0 Å². The van der Waals surface area contributed by atoms with Crippen LogP contribution in [-0.4, -0.2) is 55.5 Å². The lowest BCUT2D eigenvalue weighted by Gasteiger charge is -2.31. The third-order valence-electron chi connectivity index (χ3n) is 2.42. The quantitative estimate of drug-likeness (QED) is 0.676. The molecule has 0 radical (unpaired) electrons. The van der Waals surface area contributed by atoms with Crippen molar-refractivity contribution in [1.82, 2.24) is 4.90 Å². The molecule has 1 heterocycles. The first-order valence-corrected chi connectivity index (χ1v) is 5.26. The molecule has 1 N–H and O–H groups in total. The van der Waals surface area contributed by atoms with Crippen molar-refractivity contribution in [3.8, 4) is 0 Å². The highest BCUT2D eigenvalue weighted by Gasteiger charge is 2.27. The van der Waals surface area contributed by atoms with E-state index in [4.69, 9.17) is 14.6 Å². The van der Waals surface area contributed by atoms with Crippen molar-refractivity contribution in [2.45, 2.75) is 12.8 Å². The van der Waals surface area contributed by atoms with Crippen molar-refractivity contribution in [3.63, 3.8) is 0 Å². The number of amides is 1. The lowest BCUT2D eigenvalue weighted by atomic mass is 10.1. The molecule has 0 aromatic heterocycles. The van der Waals surface area contributed by atoms with E-state index >= 15 is 0 Å². The molecule has 1 unspecified atom stereocenters. The van der Waals surface area contributed by atoms with Crippen molar-refractivity contribution in [1.29, 1.82) is 0 Å². The van der Waals surface area contributed by atoms with Crippen LogP contribution in [0.1, 0.15) is 12.8 Å². The smallest absolute Gasteiger partial charge is 0.409 e. The molecular formula is C10H17NO5. The van der Waals surface area contributed by atoms with Crippen LogP contribution in [-0.2, 0) is 14.3 Å². The van der Waals surface area contributed by atoms with E-state index in [0.29, 0.717) is 19.7 Å². The second kappa shape index (κ2) is 6.32. The fourth-order valence-corrected chi connectivity index (χ4v) is 1.67. The molecule has 6 nitrogen and oxygen atoms in total. The molecule has 92 valence electrons. The summed E-state index contributed by atoms with van der Waals surface area (Å²) in [5, 5.41) is 8.65. The van der Waals surface area contributed by atoms with E-state index in [2.05, 4.69) is 0 Å². The van der Waals surface area contributed by atoms with Gasteiger partial charge in [0.25, 0.3) is 0 Å². The van der Waals surface area contributed by atoms with Crippen LogP contribution < -0.4 is 0 Å². The van der Waals surface area contributed by atoms with E-state index in [1.165, 1.54) is 4.90 Å². The zero-order chi connectivity index (χ0) is 12.0. The Kier molecular flexibility index (Phi) is 5.04. The molecule has 1 saturated heterocycles. The normalized spacial score (nSPS) is 20.7. The highest BCUT2D eigenvalue weighted by atomic mass is 16.6. The minimum Gasteiger partial charge on any atom is -0.481 e. The summed E-state index contributed by atoms with van der Waals surface area (Å²) in [5.74, 6) is -0.975. The molecule has 16 heavy (non-hydrogen) atoms. The Balaban J connectivity index is 2.36. The van der Waals surface area contributed by atoms with Crippen molar-refractivity contribution < 1.29 is 24.2 Å². The monoisotopic (exact) mass is 231 g/mol. The minimum atomic E-state index is -0.861. The predicted molar refractivity (Wildman–Crippen MR) is 55.2 cm³/mol. The zero-order valence-corrected chi connectivity index (χ0v) is 9.35. The van der Waals surface area contributed by atoms with Crippen molar-refractivity contribution >= 4 is 12.1 Å². The van der Waals surface area contributed by atoms with E-state index < -0.39 is 5.97 Å². The first kappa shape index (κ1) is 12.8. The van der Waals surface area contributed by atoms with Gasteiger partial charge in [-0.25, -0.2) is 4.79 Å². The number of carbonyl (C=O) groups excluding carboxylic acids is 1. The van der Waals surface area contributed by atoms with Crippen LogP contribution in [0.25, 0.3) is 0 Å². The van der Waals surface area contributed by atoms with Gasteiger partial charge < -0.3 is 19.5 Å². The molecule has 0 aliphatic carbocycles. The summed E-state index contributed by atoms with van der Waals surface area (Å²) in [6.07, 6.45) is 0.400. The Labute approximate surface area is 94.1 Å². The van der Waals surface area contributed by atoms with Crippen LogP contribution in [0.15, 0.2) is 0 Å². The van der Waals surface area contributed by atoms with Crippen molar-refractivity contribution in [2.75, 3.05) is 33.4 Å². The van der Waals surface area contributed by atoms with Gasteiger partial charge in [0.1, 0.15) is 0 Å². The van der Waals surface area contributed by atoms with Crippen LogP contribution in [0, 0.1) is 5.92 Å². The zero-order valence-electron chi connectivity index (χ0n) is 9.35. The summed E-state index contributed by atoms with van der Waals surface area (Å²) in [4.78, 5) is 23.4. The van der Waals surface area contributed by atoms with Crippen molar-refractivity contribution in [3.05, 3.63) is 0 Å². The largest absolute Gasteiger partial charge is 0.481 e. The van der Waals surface area contributed by atoms with Crippen LogP contribution >= 0.6 is 0 Å². The second-order valence-electron chi connectivity index (χ2n) is 3.83. The molecule has 1 rings (SSSR count).